The first kappa shape index (κ1) is 27.4. The van der Waals surface area contributed by atoms with Crippen LogP contribution in [0.3, 0.4) is 0 Å². The lowest BCUT2D eigenvalue weighted by atomic mass is 9.91. The van der Waals surface area contributed by atoms with Gasteiger partial charge in [-0.1, -0.05) is 97.1 Å². The second-order valence-corrected chi connectivity index (χ2v) is 12.0. The van der Waals surface area contributed by atoms with Gasteiger partial charge in [-0.2, -0.15) is 10.5 Å². The standard InChI is InChI=1S/C44H26N4/c45-27-29-23-24-33(30-11-9-13-32(26-30)47-39-18-5-1-14-34(39)35-15-2-6-19-40(35)47)38(25-29)36-16-3-7-20-41(36)48-42-21-8-4-17-37(42)44-31(28-46)12-10-22-43(44)48/h1-26H. The molecule has 7 aromatic carbocycles. The fourth-order valence-corrected chi connectivity index (χ4v) is 7.37. The van der Waals surface area contributed by atoms with E-state index in [4.69, 9.17) is 0 Å². The van der Waals surface area contributed by atoms with Crippen molar-refractivity contribution in [2.75, 3.05) is 0 Å². The van der Waals surface area contributed by atoms with Crippen LogP contribution >= 0.6 is 0 Å². The number of hydrogen-bond acceptors (Lipinski definition) is 2. The summed E-state index contributed by atoms with van der Waals surface area (Å²) < 4.78 is 4.58. The van der Waals surface area contributed by atoms with Crippen LogP contribution in [0, 0.1) is 22.7 Å². The van der Waals surface area contributed by atoms with E-state index in [1.165, 1.54) is 10.8 Å². The van der Waals surface area contributed by atoms with Crippen LogP contribution < -0.4 is 0 Å². The predicted molar refractivity (Wildman–Crippen MR) is 195 cm³/mol. The summed E-state index contributed by atoms with van der Waals surface area (Å²) in [5.74, 6) is 0. The van der Waals surface area contributed by atoms with Crippen molar-refractivity contribution >= 4 is 43.6 Å². The number of nitriles is 2. The fraction of sp³-hybridized carbons (Fsp3) is 0. The Bertz CT molecular complexity index is 2760. The molecule has 2 heterocycles. The summed E-state index contributed by atoms with van der Waals surface area (Å²) in [6.07, 6.45) is 0. The van der Waals surface area contributed by atoms with Crippen LogP contribution in [0.4, 0.5) is 0 Å². The highest BCUT2D eigenvalue weighted by Crippen LogP contribution is 2.41. The molecule has 0 aliphatic rings. The quantitative estimate of drug-likeness (QED) is 0.199. The molecular weight excluding hydrogens is 585 g/mol. The lowest BCUT2D eigenvalue weighted by Crippen LogP contribution is -1.99. The van der Waals surface area contributed by atoms with Crippen LogP contribution in [0.15, 0.2) is 158 Å². The third-order valence-corrected chi connectivity index (χ3v) is 9.40. The van der Waals surface area contributed by atoms with Crippen LogP contribution in [-0.2, 0) is 0 Å². The van der Waals surface area contributed by atoms with Gasteiger partial charge in [-0.3, -0.25) is 0 Å². The average molecular weight is 611 g/mol. The van der Waals surface area contributed by atoms with Gasteiger partial charge in [0.05, 0.1) is 51.0 Å². The Hall–Kier alpha value is -6.88. The lowest BCUT2D eigenvalue weighted by Gasteiger charge is -2.18. The average Bonchev–Trinajstić information content (AvgIpc) is 3.68. The molecule has 48 heavy (non-hydrogen) atoms. The number of hydrogen-bond donors (Lipinski definition) is 0. The van der Waals surface area contributed by atoms with Crippen molar-refractivity contribution in [1.29, 1.82) is 10.5 Å². The number of rotatable bonds is 4. The maximum atomic E-state index is 10.0. The molecule has 0 fully saturated rings. The summed E-state index contributed by atoms with van der Waals surface area (Å²) in [5.41, 5.74) is 11.6. The molecule has 0 saturated carbocycles. The van der Waals surface area contributed by atoms with Crippen molar-refractivity contribution in [3.05, 3.63) is 169 Å². The van der Waals surface area contributed by atoms with Crippen molar-refractivity contribution in [2.45, 2.75) is 0 Å². The van der Waals surface area contributed by atoms with Gasteiger partial charge in [0.15, 0.2) is 0 Å². The third kappa shape index (κ3) is 4.07. The highest BCUT2D eigenvalue weighted by atomic mass is 15.0. The third-order valence-electron chi connectivity index (χ3n) is 9.40. The Morgan fingerprint density at radius 2 is 1.04 bits per heavy atom. The van der Waals surface area contributed by atoms with Gasteiger partial charge in [0, 0.05) is 32.8 Å². The van der Waals surface area contributed by atoms with Crippen LogP contribution in [0.5, 0.6) is 0 Å². The molecule has 9 rings (SSSR count). The van der Waals surface area contributed by atoms with E-state index in [2.05, 4.69) is 130 Å². The molecule has 0 bridgehead atoms. The van der Waals surface area contributed by atoms with Crippen molar-refractivity contribution in [3.63, 3.8) is 0 Å². The Morgan fingerprint density at radius 1 is 0.417 bits per heavy atom. The summed E-state index contributed by atoms with van der Waals surface area (Å²) in [6.45, 7) is 0. The van der Waals surface area contributed by atoms with E-state index in [9.17, 15) is 10.5 Å². The van der Waals surface area contributed by atoms with Gasteiger partial charge in [0.25, 0.3) is 0 Å². The summed E-state index contributed by atoms with van der Waals surface area (Å²) in [5, 5.41) is 24.5. The Kier molecular flexibility index (Phi) is 6.22. The van der Waals surface area contributed by atoms with Gasteiger partial charge in [0.1, 0.15) is 0 Å². The zero-order chi connectivity index (χ0) is 32.2. The van der Waals surface area contributed by atoms with E-state index in [1.54, 1.807) is 0 Å². The number of aromatic nitrogens is 2. The largest absolute Gasteiger partial charge is 0.309 e. The molecule has 0 amide bonds. The molecule has 4 nitrogen and oxygen atoms in total. The first-order valence-corrected chi connectivity index (χ1v) is 15.9. The minimum Gasteiger partial charge on any atom is -0.309 e. The predicted octanol–water partition coefficient (Wildman–Crippen LogP) is 11.0. The van der Waals surface area contributed by atoms with Gasteiger partial charge >= 0.3 is 0 Å². The summed E-state index contributed by atoms with van der Waals surface area (Å²) >= 11 is 0. The Balaban J connectivity index is 1.30. The van der Waals surface area contributed by atoms with E-state index in [1.807, 2.05) is 48.5 Å². The number of fused-ring (bicyclic) bond motifs is 6. The van der Waals surface area contributed by atoms with Crippen molar-refractivity contribution in [3.8, 4) is 45.8 Å². The molecule has 222 valence electrons. The first-order chi connectivity index (χ1) is 23.7. The molecule has 0 aliphatic heterocycles. The topological polar surface area (TPSA) is 57.4 Å². The van der Waals surface area contributed by atoms with E-state index >= 15 is 0 Å². The smallest absolute Gasteiger partial charge is 0.0998 e. The molecule has 0 aliphatic carbocycles. The van der Waals surface area contributed by atoms with Crippen molar-refractivity contribution in [1.82, 2.24) is 9.13 Å². The normalized spacial score (nSPS) is 11.3. The molecule has 0 radical (unpaired) electrons. The van der Waals surface area contributed by atoms with Crippen LogP contribution in [0.1, 0.15) is 11.1 Å². The molecule has 0 saturated heterocycles. The second-order valence-electron chi connectivity index (χ2n) is 12.0. The zero-order valence-corrected chi connectivity index (χ0v) is 25.8. The lowest BCUT2D eigenvalue weighted by molar-refractivity contribution is 1.18. The van der Waals surface area contributed by atoms with Crippen molar-refractivity contribution in [2.24, 2.45) is 0 Å². The summed E-state index contributed by atoms with van der Waals surface area (Å²) in [4.78, 5) is 0. The second kappa shape index (κ2) is 10.9. The molecule has 9 aromatic rings. The van der Waals surface area contributed by atoms with Crippen LogP contribution in [0.2, 0.25) is 0 Å². The number of benzene rings is 7. The van der Waals surface area contributed by atoms with Gasteiger partial charge in [-0.25, -0.2) is 0 Å². The van der Waals surface area contributed by atoms with E-state index < -0.39 is 0 Å². The molecule has 4 heteroatoms. The van der Waals surface area contributed by atoms with Gasteiger partial charge < -0.3 is 9.13 Å². The SMILES string of the molecule is N#Cc1ccc(-c2cccc(-n3c4ccccc4c4ccccc43)c2)c(-c2ccccc2-n2c3ccccc3c3c(C#N)cccc32)c1. The van der Waals surface area contributed by atoms with E-state index in [0.717, 1.165) is 66.5 Å². The first-order valence-electron chi connectivity index (χ1n) is 15.9. The number of nitrogens with zero attached hydrogens (tertiary/aromatic N) is 4. The summed E-state index contributed by atoms with van der Waals surface area (Å²) in [6, 6.07) is 59.0. The highest BCUT2D eigenvalue weighted by Gasteiger charge is 2.20. The van der Waals surface area contributed by atoms with Gasteiger partial charge in [-0.15, -0.1) is 0 Å². The molecule has 0 spiro atoms. The maximum absolute atomic E-state index is 10.0. The summed E-state index contributed by atoms with van der Waals surface area (Å²) in [7, 11) is 0. The number of para-hydroxylation sites is 4. The molecule has 2 aromatic heterocycles. The minimum atomic E-state index is 0.594. The van der Waals surface area contributed by atoms with Crippen molar-refractivity contribution < 1.29 is 0 Å². The maximum Gasteiger partial charge on any atom is 0.0998 e. The van der Waals surface area contributed by atoms with Gasteiger partial charge in [-0.05, 0) is 77.4 Å². The fourth-order valence-electron chi connectivity index (χ4n) is 7.37. The molecule has 0 N–H and O–H groups in total. The Labute approximate surface area is 277 Å². The molecule has 0 unspecified atom stereocenters. The van der Waals surface area contributed by atoms with E-state index in [0.29, 0.717) is 11.1 Å². The molecular formula is C44H26N4. The molecule has 0 atom stereocenters. The minimum absolute atomic E-state index is 0.594. The van der Waals surface area contributed by atoms with Crippen LogP contribution in [-0.4, -0.2) is 9.13 Å². The zero-order valence-electron chi connectivity index (χ0n) is 25.8. The Morgan fingerprint density at radius 3 is 1.77 bits per heavy atom. The van der Waals surface area contributed by atoms with Crippen LogP contribution in [0.25, 0.3) is 77.2 Å². The monoisotopic (exact) mass is 610 g/mol. The van der Waals surface area contributed by atoms with Gasteiger partial charge in [0.2, 0.25) is 0 Å². The van der Waals surface area contributed by atoms with E-state index in [-0.39, 0.29) is 0 Å². The highest BCUT2D eigenvalue weighted by molar-refractivity contribution is 6.12.